The van der Waals surface area contributed by atoms with Crippen LogP contribution in [0.3, 0.4) is 0 Å². The molecule has 0 aromatic heterocycles. The van der Waals surface area contributed by atoms with Crippen molar-refractivity contribution >= 4 is 39.7 Å². The molecule has 0 saturated carbocycles. The topological polar surface area (TPSA) is 61.4 Å². The SMILES string of the molecule is CC(C)CC(=O)NC(=S)Nc1cccc2cc(O)ccc12. The highest BCUT2D eigenvalue weighted by Gasteiger charge is 2.08. The van der Waals surface area contributed by atoms with E-state index in [0.717, 1.165) is 16.5 Å². The molecule has 3 N–H and O–H groups in total. The van der Waals surface area contributed by atoms with Crippen LogP contribution in [0.5, 0.6) is 5.75 Å². The summed E-state index contributed by atoms with van der Waals surface area (Å²) in [6.45, 7) is 3.96. The van der Waals surface area contributed by atoms with Crippen LogP contribution in [0.4, 0.5) is 5.69 Å². The summed E-state index contributed by atoms with van der Waals surface area (Å²) < 4.78 is 0. The molecule has 0 spiro atoms. The largest absolute Gasteiger partial charge is 0.508 e. The third-order valence-electron chi connectivity index (χ3n) is 2.96. The smallest absolute Gasteiger partial charge is 0.226 e. The zero-order chi connectivity index (χ0) is 15.4. The fraction of sp³-hybridized carbons (Fsp3) is 0.250. The van der Waals surface area contributed by atoms with E-state index in [1.54, 1.807) is 12.1 Å². The molecule has 2 aromatic rings. The van der Waals surface area contributed by atoms with Crippen molar-refractivity contribution < 1.29 is 9.90 Å². The number of fused-ring (bicyclic) bond motifs is 1. The van der Waals surface area contributed by atoms with Crippen molar-refractivity contribution in [3.8, 4) is 5.75 Å². The number of amides is 1. The van der Waals surface area contributed by atoms with Gasteiger partial charge in [-0.25, -0.2) is 0 Å². The lowest BCUT2D eigenvalue weighted by molar-refractivity contribution is -0.120. The molecule has 2 aromatic carbocycles. The van der Waals surface area contributed by atoms with Crippen LogP contribution in [0, 0.1) is 5.92 Å². The Kier molecular flexibility index (Phi) is 4.75. The fourth-order valence-electron chi connectivity index (χ4n) is 2.08. The lowest BCUT2D eigenvalue weighted by Crippen LogP contribution is -2.34. The van der Waals surface area contributed by atoms with Crippen LogP contribution in [0.15, 0.2) is 36.4 Å². The number of aromatic hydroxyl groups is 1. The summed E-state index contributed by atoms with van der Waals surface area (Å²) in [6.07, 6.45) is 0.436. The monoisotopic (exact) mass is 302 g/mol. The third-order valence-corrected chi connectivity index (χ3v) is 3.16. The number of carbonyl (C=O) groups is 1. The maximum atomic E-state index is 11.7. The van der Waals surface area contributed by atoms with Gasteiger partial charge in [0.1, 0.15) is 5.75 Å². The third kappa shape index (κ3) is 4.16. The number of carbonyl (C=O) groups excluding carboxylic acids is 1. The molecule has 4 nitrogen and oxygen atoms in total. The van der Waals surface area contributed by atoms with Crippen LogP contribution in [-0.2, 0) is 4.79 Å². The van der Waals surface area contributed by atoms with Crippen molar-refractivity contribution in [3.63, 3.8) is 0 Å². The summed E-state index contributed by atoms with van der Waals surface area (Å²) in [6, 6.07) is 10.8. The molecule has 0 heterocycles. The molecule has 110 valence electrons. The summed E-state index contributed by atoms with van der Waals surface area (Å²) in [7, 11) is 0. The average molecular weight is 302 g/mol. The minimum absolute atomic E-state index is 0.0969. The van der Waals surface area contributed by atoms with Gasteiger partial charge in [0, 0.05) is 17.5 Å². The second-order valence-corrected chi connectivity index (χ2v) is 5.72. The summed E-state index contributed by atoms with van der Waals surface area (Å²) in [5, 5.41) is 17.3. The van der Waals surface area contributed by atoms with Crippen molar-refractivity contribution in [2.75, 3.05) is 5.32 Å². The van der Waals surface area contributed by atoms with Crippen molar-refractivity contribution in [1.82, 2.24) is 5.32 Å². The van der Waals surface area contributed by atoms with Gasteiger partial charge in [0.05, 0.1) is 0 Å². The van der Waals surface area contributed by atoms with E-state index in [2.05, 4.69) is 10.6 Å². The summed E-state index contributed by atoms with van der Waals surface area (Å²) in [4.78, 5) is 11.7. The van der Waals surface area contributed by atoms with Gasteiger partial charge in [0.25, 0.3) is 0 Å². The van der Waals surface area contributed by atoms with Crippen LogP contribution < -0.4 is 10.6 Å². The number of thiocarbonyl (C=S) groups is 1. The van der Waals surface area contributed by atoms with Crippen molar-refractivity contribution in [3.05, 3.63) is 36.4 Å². The quantitative estimate of drug-likeness (QED) is 0.760. The molecule has 21 heavy (non-hydrogen) atoms. The van der Waals surface area contributed by atoms with Gasteiger partial charge in [-0.3, -0.25) is 4.79 Å². The van der Waals surface area contributed by atoms with Crippen LogP contribution >= 0.6 is 12.2 Å². The number of nitrogens with one attached hydrogen (secondary N) is 2. The first-order valence-corrected chi connectivity index (χ1v) is 7.19. The molecule has 0 aliphatic heterocycles. The number of hydrogen-bond donors (Lipinski definition) is 3. The molecule has 5 heteroatoms. The minimum atomic E-state index is -0.0969. The number of anilines is 1. The van der Waals surface area contributed by atoms with Gasteiger partial charge in [-0.05, 0) is 47.8 Å². The van der Waals surface area contributed by atoms with Gasteiger partial charge in [0.2, 0.25) is 5.91 Å². The molecule has 2 rings (SSSR count). The highest BCUT2D eigenvalue weighted by molar-refractivity contribution is 7.80. The highest BCUT2D eigenvalue weighted by Crippen LogP contribution is 2.26. The van der Waals surface area contributed by atoms with Crippen molar-refractivity contribution in [1.29, 1.82) is 0 Å². The van der Waals surface area contributed by atoms with Gasteiger partial charge in [-0.1, -0.05) is 26.0 Å². The normalized spacial score (nSPS) is 10.6. The van der Waals surface area contributed by atoms with Gasteiger partial charge in [0.15, 0.2) is 5.11 Å². The first-order valence-electron chi connectivity index (χ1n) is 6.78. The van der Waals surface area contributed by atoms with Crippen molar-refractivity contribution in [2.45, 2.75) is 20.3 Å². The fourth-order valence-corrected chi connectivity index (χ4v) is 2.31. The second-order valence-electron chi connectivity index (χ2n) is 5.31. The van der Waals surface area contributed by atoms with Crippen LogP contribution in [-0.4, -0.2) is 16.1 Å². The standard InChI is InChI=1S/C16H18N2O2S/c1-10(2)8-15(20)18-16(21)17-14-5-3-4-11-9-12(19)6-7-13(11)14/h3-7,9-10,19H,8H2,1-2H3,(H2,17,18,20,21). The average Bonchev–Trinajstić information content (AvgIpc) is 2.37. The molecule has 0 aliphatic carbocycles. The first-order chi connectivity index (χ1) is 9.95. The number of rotatable bonds is 3. The summed E-state index contributed by atoms with van der Waals surface area (Å²) in [5.74, 6) is 0.404. The van der Waals surface area contributed by atoms with E-state index in [1.807, 2.05) is 38.1 Å². The lowest BCUT2D eigenvalue weighted by atomic mass is 10.1. The van der Waals surface area contributed by atoms with E-state index in [-0.39, 0.29) is 22.7 Å². The maximum absolute atomic E-state index is 11.7. The van der Waals surface area contributed by atoms with E-state index < -0.39 is 0 Å². The number of benzene rings is 2. The molecule has 0 saturated heterocycles. The van der Waals surface area contributed by atoms with E-state index in [4.69, 9.17) is 12.2 Å². The lowest BCUT2D eigenvalue weighted by Gasteiger charge is -2.12. The van der Waals surface area contributed by atoms with E-state index >= 15 is 0 Å². The van der Waals surface area contributed by atoms with Gasteiger partial charge < -0.3 is 15.7 Å². The Morgan fingerprint density at radius 2 is 2.05 bits per heavy atom. The molecular weight excluding hydrogens is 284 g/mol. The van der Waals surface area contributed by atoms with E-state index in [0.29, 0.717) is 6.42 Å². The number of phenolic OH excluding ortho intramolecular Hbond substituents is 1. The summed E-state index contributed by atoms with van der Waals surface area (Å²) >= 11 is 5.16. The van der Waals surface area contributed by atoms with Gasteiger partial charge in [-0.2, -0.15) is 0 Å². The van der Waals surface area contributed by atoms with Crippen LogP contribution in [0.1, 0.15) is 20.3 Å². The number of phenols is 1. The second kappa shape index (κ2) is 6.54. The first kappa shape index (κ1) is 15.3. The maximum Gasteiger partial charge on any atom is 0.226 e. The van der Waals surface area contributed by atoms with Crippen LogP contribution in [0.25, 0.3) is 10.8 Å². The zero-order valence-electron chi connectivity index (χ0n) is 12.0. The predicted molar refractivity (Wildman–Crippen MR) is 89.4 cm³/mol. The molecule has 0 radical (unpaired) electrons. The highest BCUT2D eigenvalue weighted by atomic mass is 32.1. The van der Waals surface area contributed by atoms with E-state index in [1.165, 1.54) is 0 Å². The van der Waals surface area contributed by atoms with Crippen LogP contribution in [0.2, 0.25) is 0 Å². The molecule has 1 amide bonds. The van der Waals surface area contributed by atoms with Gasteiger partial charge in [-0.15, -0.1) is 0 Å². The Hall–Kier alpha value is -2.14. The molecule has 0 fully saturated rings. The Labute approximate surface area is 129 Å². The van der Waals surface area contributed by atoms with Gasteiger partial charge >= 0.3 is 0 Å². The number of hydrogen-bond acceptors (Lipinski definition) is 3. The molecule has 0 bridgehead atoms. The molecule has 0 unspecified atom stereocenters. The Bertz CT molecular complexity index is 683. The Morgan fingerprint density at radius 1 is 1.29 bits per heavy atom. The predicted octanol–water partition coefficient (Wildman–Crippen LogP) is 3.40. The van der Waals surface area contributed by atoms with E-state index in [9.17, 15) is 9.90 Å². The summed E-state index contributed by atoms with van der Waals surface area (Å²) in [5.41, 5.74) is 0.794. The molecule has 0 atom stereocenters. The molecule has 0 aliphatic rings. The molecular formula is C16H18N2O2S. The minimum Gasteiger partial charge on any atom is -0.508 e. The Morgan fingerprint density at radius 3 is 2.76 bits per heavy atom. The Balaban J connectivity index is 2.13. The zero-order valence-corrected chi connectivity index (χ0v) is 12.8. The van der Waals surface area contributed by atoms with Crippen molar-refractivity contribution in [2.24, 2.45) is 5.92 Å².